The van der Waals surface area contributed by atoms with E-state index in [4.69, 9.17) is 5.73 Å². The number of nitrogens with two attached hydrogens (primary N) is 1. The third kappa shape index (κ3) is 3.06. The summed E-state index contributed by atoms with van der Waals surface area (Å²) in [4.78, 5) is 0. The average molecular weight is 220 g/mol. The highest BCUT2D eigenvalue weighted by Crippen LogP contribution is 2.20. The molecule has 0 amide bonds. The van der Waals surface area contributed by atoms with Crippen molar-refractivity contribution in [2.24, 2.45) is 5.73 Å². The summed E-state index contributed by atoms with van der Waals surface area (Å²) in [5.74, 6) is 0. The smallest absolute Gasteiger partial charge is 0.0449 e. The fraction of sp³-hybridized carbons (Fsp3) is 0.571. The van der Waals surface area contributed by atoms with Crippen LogP contribution in [0.3, 0.4) is 0 Å². The Morgan fingerprint density at radius 1 is 1.31 bits per heavy atom. The molecule has 0 saturated carbocycles. The molecule has 2 nitrogen and oxygen atoms in total. The van der Waals surface area contributed by atoms with Crippen molar-refractivity contribution < 1.29 is 0 Å². The van der Waals surface area contributed by atoms with E-state index in [1.165, 1.54) is 16.7 Å². The molecule has 2 unspecified atom stereocenters. The minimum absolute atomic E-state index is 0.273. The summed E-state index contributed by atoms with van der Waals surface area (Å²) in [5.41, 5.74) is 9.89. The molecule has 2 atom stereocenters. The molecule has 2 heteroatoms. The summed E-state index contributed by atoms with van der Waals surface area (Å²) in [6.07, 6.45) is 1.13. The SMILES string of the molecule is CCC(C)NC(CN)c1cccc(C)c1C. The van der Waals surface area contributed by atoms with Crippen LogP contribution in [0.4, 0.5) is 0 Å². The van der Waals surface area contributed by atoms with E-state index < -0.39 is 0 Å². The highest BCUT2D eigenvalue weighted by Gasteiger charge is 2.14. The number of nitrogens with one attached hydrogen (secondary N) is 1. The second-order valence-corrected chi connectivity index (χ2v) is 4.55. The number of rotatable bonds is 5. The Balaban J connectivity index is 2.90. The van der Waals surface area contributed by atoms with Crippen molar-refractivity contribution in [3.05, 3.63) is 34.9 Å². The molecule has 0 bridgehead atoms. The van der Waals surface area contributed by atoms with E-state index in [0.29, 0.717) is 12.6 Å². The third-order valence-corrected chi connectivity index (χ3v) is 3.36. The molecule has 0 fully saturated rings. The van der Waals surface area contributed by atoms with Crippen LogP contribution in [0.2, 0.25) is 0 Å². The maximum Gasteiger partial charge on any atom is 0.0449 e. The van der Waals surface area contributed by atoms with Gasteiger partial charge in [-0.25, -0.2) is 0 Å². The van der Waals surface area contributed by atoms with Crippen molar-refractivity contribution in [3.63, 3.8) is 0 Å². The summed E-state index contributed by atoms with van der Waals surface area (Å²) < 4.78 is 0. The fourth-order valence-electron chi connectivity index (χ4n) is 1.90. The van der Waals surface area contributed by atoms with E-state index >= 15 is 0 Å². The monoisotopic (exact) mass is 220 g/mol. The Morgan fingerprint density at radius 3 is 2.56 bits per heavy atom. The molecule has 0 heterocycles. The zero-order valence-electron chi connectivity index (χ0n) is 10.9. The zero-order valence-corrected chi connectivity index (χ0v) is 10.9. The van der Waals surface area contributed by atoms with E-state index in [1.807, 2.05) is 0 Å². The first-order valence-corrected chi connectivity index (χ1v) is 6.12. The Kier molecular flexibility index (Phi) is 4.97. The van der Waals surface area contributed by atoms with Gasteiger partial charge < -0.3 is 11.1 Å². The van der Waals surface area contributed by atoms with Gasteiger partial charge in [-0.05, 0) is 43.9 Å². The standard InChI is InChI=1S/C14H24N2/c1-5-11(3)16-14(9-15)13-8-6-7-10(2)12(13)4/h6-8,11,14,16H,5,9,15H2,1-4H3. The van der Waals surface area contributed by atoms with Crippen LogP contribution >= 0.6 is 0 Å². The molecule has 0 saturated heterocycles. The largest absolute Gasteiger partial charge is 0.329 e. The number of hydrogen-bond donors (Lipinski definition) is 2. The number of aryl methyl sites for hydroxylation is 1. The Hall–Kier alpha value is -0.860. The molecule has 3 N–H and O–H groups in total. The molecule has 0 aliphatic carbocycles. The van der Waals surface area contributed by atoms with Gasteiger partial charge in [0.25, 0.3) is 0 Å². The highest BCUT2D eigenvalue weighted by molar-refractivity contribution is 5.35. The maximum absolute atomic E-state index is 5.86. The number of benzene rings is 1. The molecule has 0 spiro atoms. The predicted octanol–water partition coefficient (Wildman–Crippen LogP) is 2.69. The van der Waals surface area contributed by atoms with Crippen LogP contribution in [0.15, 0.2) is 18.2 Å². The molecular formula is C14H24N2. The van der Waals surface area contributed by atoms with Crippen LogP contribution < -0.4 is 11.1 Å². The van der Waals surface area contributed by atoms with Crippen molar-refractivity contribution in [3.8, 4) is 0 Å². The van der Waals surface area contributed by atoms with Crippen molar-refractivity contribution in [1.29, 1.82) is 0 Å². The van der Waals surface area contributed by atoms with Gasteiger partial charge in [-0.15, -0.1) is 0 Å². The normalized spacial score (nSPS) is 14.8. The first-order valence-electron chi connectivity index (χ1n) is 6.12. The maximum atomic E-state index is 5.86. The van der Waals surface area contributed by atoms with E-state index in [1.54, 1.807) is 0 Å². The Labute approximate surface area is 99.2 Å². The van der Waals surface area contributed by atoms with Crippen LogP contribution in [0.5, 0.6) is 0 Å². The minimum atomic E-state index is 0.273. The summed E-state index contributed by atoms with van der Waals surface area (Å²) in [6.45, 7) is 9.36. The summed E-state index contributed by atoms with van der Waals surface area (Å²) in [7, 11) is 0. The molecule has 0 aliphatic heterocycles. The number of hydrogen-bond acceptors (Lipinski definition) is 2. The Bertz CT molecular complexity index is 334. The second-order valence-electron chi connectivity index (χ2n) is 4.55. The lowest BCUT2D eigenvalue weighted by Gasteiger charge is -2.24. The van der Waals surface area contributed by atoms with Crippen LogP contribution in [0, 0.1) is 13.8 Å². The van der Waals surface area contributed by atoms with E-state index in [2.05, 4.69) is 51.2 Å². The second kappa shape index (κ2) is 6.02. The van der Waals surface area contributed by atoms with Crippen molar-refractivity contribution in [1.82, 2.24) is 5.32 Å². The summed E-state index contributed by atoms with van der Waals surface area (Å²) >= 11 is 0. The van der Waals surface area contributed by atoms with Gasteiger partial charge in [-0.2, -0.15) is 0 Å². The van der Waals surface area contributed by atoms with E-state index in [9.17, 15) is 0 Å². The molecule has 0 radical (unpaired) electrons. The molecule has 1 rings (SSSR count). The first-order chi connectivity index (χ1) is 7.60. The lowest BCUT2D eigenvalue weighted by Crippen LogP contribution is -2.35. The van der Waals surface area contributed by atoms with Gasteiger partial charge in [0.15, 0.2) is 0 Å². The first kappa shape index (κ1) is 13.2. The van der Waals surface area contributed by atoms with Gasteiger partial charge in [0.2, 0.25) is 0 Å². The third-order valence-electron chi connectivity index (χ3n) is 3.36. The predicted molar refractivity (Wildman–Crippen MR) is 70.6 cm³/mol. The average Bonchev–Trinajstić information content (AvgIpc) is 2.29. The highest BCUT2D eigenvalue weighted by atomic mass is 15.0. The van der Waals surface area contributed by atoms with E-state index in [-0.39, 0.29) is 6.04 Å². The van der Waals surface area contributed by atoms with Gasteiger partial charge in [0.05, 0.1) is 0 Å². The minimum Gasteiger partial charge on any atom is -0.329 e. The molecule has 16 heavy (non-hydrogen) atoms. The molecule has 0 aromatic heterocycles. The lowest BCUT2D eigenvalue weighted by molar-refractivity contribution is 0.450. The molecule has 0 aliphatic rings. The van der Waals surface area contributed by atoms with Gasteiger partial charge in [0, 0.05) is 18.6 Å². The van der Waals surface area contributed by atoms with Crippen LogP contribution in [0.1, 0.15) is 43.0 Å². The van der Waals surface area contributed by atoms with Gasteiger partial charge in [0.1, 0.15) is 0 Å². The van der Waals surface area contributed by atoms with E-state index in [0.717, 1.165) is 6.42 Å². The van der Waals surface area contributed by atoms with Crippen LogP contribution in [-0.2, 0) is 0 Å². The molecule has 90 valence electrons. The summed E-state index contributed by atoms with van der Waals surface area (Å²) in [5, 5.41) is 3.58. The molecule has 1 aromatic carbocycles. The van der Waals surface area contributed by atoms with Crippen molar-refractivity contribution in [2.45, 2.75) is 46.2 Å². The quantitative estimate of drug-likeness (QED) is 0.800. The fourth-order valence-corrected chi connectivity index (χ4v) is 1.90. The van der Waals surface area contributed by atoms with Crippen molar-refractivity contribution in [2.75, 3.05) is 6.54 Å². The Morgan fingerprint density at radius 2 is 2.00 bits per heavy atom. The molecule has 1 aromatic rings. The lowest BCUT2D eigenvalue weighted by atomic mass is 9.97. The zero-order chi connectivity index (χ0) is 12.1. The van der Waals surface area contributed by atoms with Crippen LogP contribution in [0.25, 0.3) is 0 Å². The van der Waals surface area contributed by atoms with Crippen LogP contribution in [-0.4, -0.2) is 12.6 Å². The van der Waals surface area contributed by atoms with Gasteiger partial charge in [-0.3, -0.25) is 0 Å². The van der Waals surface area contributed by atoms with Crippen molar-refractivity contribution >= 4 is 0 Å². The molecular weight excluding hydrogens is 196 g/mol. The topological polar surface area (TPSA) is 38.0 Å². The van der Waals surface area contributed by atoms with Gasteiger partial charge in [-0.1, -0.05) is 25.1 Å². The van der Waals surface area contributed by atoms with Gasteiger partial charge >= 0.3 is 0 Å². The summed E-state index contributed by atoms with van der Waals surface area (Å²) in [6, 6.07) is 7.21.